The fourth-order valence-electron chi connectivity index (χ4n) is 5.57. The van der Waals surface area contributed by atoms with Crippen LogP contribution < -0.4 is 4.74 Å². The van der Waals surface area contributed by atoms with Crippen LogP contribution in [-0.4, -0.2) is 28.9 Å². The van der Waals surface area contributed by atoms with Gasteiger partial charge >= 0.3 is 5.97 Å². The first-order valence-corrected chi connectivity index (χ1v) is 13.3. The second-order valence-corrected chi connectivity index (χ2v) is 10.0. The molecule has 1 aliphatic heterocycles. The normalized spacial score (nSPS) is 13.9. The Morgan fingerprint density at radius 2 is 1.66 bits per heavy atom. The Balaban J connectivity index is 1.66. The van der Waals surface area contributed by atoms with Gasteiger partial charge in [0.05, 0.1) is 16.5 Å². The van der Waals surface area contributed by atoms with Gasteiger partial charge in [0.1, 0.15) is 18.2 Å². The average molecular weight is 558 g/mol. The number of fused-ring (bicyclic) bond motifs is 1. The summed E-state index contributed by atoms with van der Waals surface area (Å²) in [5, 5.41) is 10.0. The summed E-state index contributed by atoms with van der Waals surface area (Å²) in [7, 11) is 0. The van der Waals surface area contributed by atoms with E-state index in [-0.39, 0.29) is 23.7 Å². The van der Waals surface area contributed by atoms with E-state index in [4.69, 9.17) is 9.47 Å². The number of carbonyl (C=O) groups is 1. The highest BCUT2D eigenvalue weighted by atomic mass is 19.2. The van der Waals surface area contributed by atoms with E-state index in [2.05, 4.69) is 0 Å². The van der Waals surface area contributed by atoms with E-state index in [1.807, 2.05) is 41.0 Å². The molecule has 2 heterocycles. The van der Waals surface area contributed by atoms with Crippen molar-refractivity contribution in [3.05, 3.63) is 119 Å². The van der Waals surface area contributed by atoms with Crippen LogP contribution in [0.15, 0.2) is 84.9 Å². The highest BCUT2D eigenvalue weighted by Crippen LogP contribution is 2.47. The molecule has 5 aromatic rings. The number of aromatic nitrogens is 1. The van der Waals surface area contributed by atoms with E-state index in [0.29, 0.717) is 59.7 Å². The molecule has 208 valence electrons. The summed E-state index contributed by atoms with van der Waals surface area (Å²) < 4.78 is 58.2. The van der Waals surface area contributed by atoms with E-state index in [9.17, 15) is 18.7 Å². The standard InChI is InChI=1S/C33H26F3NO4/c34-25-12-10-23(18-27(25)36)37-28-7-4-8-29(41-19-20-5-2-1-3-6-20)31(28)30(32(37)21-13-15-40-16-14-21)24-11-9-22(33(38)39)17-26(24)35/h1-12,17-18,21H,13-16,19H2,(H,38,39). The Morgan fingerprint density at radius 3 is 2.37 bits per heavy atom. The van der Waals surface area contributed by atoms with Crippen molar-refractivity contribution < 1.29 is 32.5 Å². The number of ether oxygens (including phenoxy) is 2. The minimum atomic E-state index is -1.24. The van der Waals surface area contributed by atoms with Gasteiger partial charge in [-0.05, 0) is 54.8 Å². The molecule has 1 saturated heterocycles. The number of aromatic carboxylic acids is 1. The number of hydrogen-bond acceptors (Lipinski definition) is 3. The van der Waals surface area contributed by atoms with Crippen LogP contribution in [-0.2, 0) is 11.3 Å². The molecule has 0 saturated carbocycles. The van der Waals surface area contributed by atoms with Crippen LogP contribution in [0.3, 0.4) is 0 Å². The minimum Gasteiger partial charge on any atom is -0.488 e. The lowest BCUT2D eigenvalue weighted by Gasteiger charge is -2.26. The van der Waals surface area contributed by atoms with Crippen molar-refractivity contribution in [1.29, 1.82) is 0 Å². The molecule has 8 heteroatoms. The van der Waals surface area contributed by atoms with Gasteiger partial charge in [0, 0.05) is 47.7 Å². The molecule has 0 radical (unpaired) electrons. The molecule has 1 aromatic heterocycles. The SMILES string of the molecule is O=C(O)c1ccc(-c2c(C3CCOCC3)n(-c3ccc(F)c(F)c3)c3cccc(OCc4ccccc4)c23)c(F)c1. The average Bonchev–Trinajstić information content (AvgIpc) is 3.34. The summed E-state index contributed by atoms with van der Waals surface area (Å²) in [4.78, 5) is 11.6. The largest absolute Gasteiger partial charge is 0.488 e. The summed E-state index contributed by atoms with van der Waals surface area (Å²) in [5.41, 5.74) is 3.18. The zero-order valence-electron chi connectivity index (χ0n) is 21.9. The number of hydrogen-bond donors (Lipinski definition) is 1. The van der Waals surface area contributed by atoms with Gasteiger partial charge in [0.15, 0.2) is 11.6 Å². The van der Waals surface area contributed by atoms with Crippen molar-refractivity contribution in [2.45, 2.75) is 25.4 Å². The molecule has 1 aliphatic rings. The molecule has 4 aromatic carbocycles. The predicted octanol–water partition coefficient (Wildman–Crippen LogP) is 7.89. The number of carboxylic acids is 1. The molecule has 5 nitrogen and oxygen atoms in total. The monoisotopic (exact) mass is 557 g/mol. The van der Waals surface area contributed by atoms with Crippen LogP contribution in [0, 0.1) is 17.5 Å². The van der Waals surface area contributed by atoms with E-state index >= 15 is 4.39 Å². The lowest BCUT2D eigenvalue weighted by Crippen LogP contribution is -2.17. The van der Waals surface area contributed by atoms with Crippen LogP contribution in [0.25, 0.3) is 27.7 Å². The molecular formula is C33H26F3NO4. The predicted molar refractivity (Wildman–Crippen MR) is 149 cm³/mol. The molecule has 0 unspecified atom stereocenters. The lowest BCUT2D eigenvalue weighted by molar-refractivity contribution is 0.0696. The Kier molecular flexibility index (Phi) is 7.24. The number of nitrogens with zero attached hydrogens (tertiary/aromatic N) is 1. The van der Waals surface area contributed by atoms with Crippen molar-refractivity contribution >= 4 is 16.9 Å². The summed E-state index contributed by atoms with van der Waals surface area (Å²) in [6, 6.07) is 22.5. The van der Waals surface area contributed by atoms with Crippen molar-refractivity contribution in [1.82, 2.24) is 4.57 Å². The second-order valence-electron chi connectivity index (χ2n) is 10.0. The first-order chi connectivity index (χ1) is 19.9. The minimum absolute atomic E-state index is 0.111. The lowest BCUT2D eigenvalue weighted by atomic mass is 9.89. The van der Waals surface area contributed by atoms with Crippen molar-refractivity contribution in [2.24, 2.45) is 0 Å². The smallest absolute Gasteiger partial charge is 0.335 e. The quantitative estimate of drug-likeness (QED) is 0.221. The van der Waals surface area contributed by atoms with E-state index in [0.717, 1.165) is 23.8 Å². The third-order valence-electron chi connectivity index (χ3n) is 7.48. The molecule has 0 amide bonds. The van der Waals surface area contributed by atoms with E-state index < -0.39 is 23.4 Å². The molecule has 0 spiro atoms. The van der Waals surface area contributed by atoms with Crippen LogP contribution >= 0.6 is 0 Å². The van der Waals surface area contributed by atoms with Gasteiger partial charge in [-0.15, -0.1) is 0 Å². The van der Waals surface area contributed by atoms with Crippen LogP contribution in [0.2, 0.25) is 0 Å². The molecule has 0 aliphatic carbocycles. The van der Waals surface area contributed by atoms with Gasteiger partial charge in [0.2, 0.25) is 0 Å². The van der Waals surface area contributed by atoms with Gasteiger partial charge in [-0.2, -0.15) is 0 Å². The van der Waals surface area contributed by atoms with Crippen LogP contribution in [0.4, 0.5) is 13.2 Å². The van der Waals surface area contributed by atoms with E-state index in [1.54, 1.807) is 12.1 Å². The zero-order valence-corrected chi connectivity index (χ0v) is 21.9. The van der Waals surface area contributed by atoms with Crippen molar-refractivity contribution in [3.63, 3.8) is 0 Å². The molecule has 41 heavy (non-hydrogen) atoms. The van der Waals surface area contributed by atoms with Crippen LogP contribution in [0.1, 0.15) is 40.4 Å². The number of benzene rings is 4. The number of rotatable bonds is 7. The van der Waals surface area contributed by atoms with Gasteiger partial charge < -0.3 is 19.1 Å². The molecule has 1 N–H and O–H groups in total. The van der Waals surface area contributed by atoms with Crippen molar-refractivity contribution in [2.75, 3.05) is 13.2 Å². The second kappa shape index (κ2) is 11.1. The first kappa shape index (κ1) is 26.7. The fraction of sp³-hybridized carbons (Fsp3) is 0.182. The van der Waals surface area contributed by atoms with E-state index in [1.165, 1.54) is 18.2 Å². The third kappa shape index (κ3) is 5.07. The van der Waals surface area contributed by atoms with Gasteiger partial charge in [0.25, 0.3) is 0 Å². The van der Waals surface area contributed by atoms with Gasteiger partial charge in [-0.1, -0.05) is 42.5 Å². The molecule has 1 fully saturated rings. The Bertz CT molecular complexity index is 1740. The summed E-state index contributed by atoms with van der Waals surface area (Å²) in [5.74, 6) is -3.55. The highest BCUT2D eigenvalue weighted by Gasteiger charge is 2.31. The topological polar surface area (TPSA) is 60.7 Å². The Hall–Kier alpha value is -4.56. The van der Waals surface area contributed by atoms with Crippen LogP contribution in [0.5, 0.6) is 5.75 Å². The van der Waals surface area contributed by atoms with Gasteiger partial charge in [-0.3, -0.25) is 0 Å². The summed E-state index contributed by atoms with van der Waals surface area (Å²) >= 11 is 0. The van der Waals surface area contributed by atoms with Crippen molar-refractivity contribution in [3.8, 4) is 22.6 Å². The molecule has 6 rings (SSSR count). The number of halogens is 3. The third-order valence-corrected chi connectivity index (χ3v) is 7.48. The Morgan fingerprint density at radius 1 is 0.878 bits per heavy atom. The maximum absolute atomic E-state index is 15.8. The maximum Gasteiger partial charge on any atom is 0.335 e. The molecule has 0 bridgehead atoms. The first-order valence-electron chi connectivity index (χ1n) is 13.3. The molecule has 0 atom stereocenters. The summed E-state index contributed by atoms with van der Waals surface area (Å²) in [6.07, 6.45) is 1.25. The number of carboxylic acid groups (broad SMARTS) is 1. The zero-order chi connectivity index (χ0) is 28.5. The highest BCUT2D eigenvalue weighted by molar-refractivity contribution is 6.04. The molecular weight excluding hydrogens is 531 g/mol. The maximum atomic E-state index is 15.8. The summed E-state index contributed by atoms with van der Waals surface area (Å²) in [6.45, 7) is 1.23. The Labute approximate surface area is 234 Å². The van der Waals surface area contributed by atoms with Gasteiger partial charge in [-0.25, -0.2) is 18.0 Å². The fourth-order valence-corrected chi connectivity index (χ4v) is 5.57.